The van der Waals surface area contributed by atoms with Crippen molar-refractivity contribution in [2.45, 2.75) is 37.6 Å². The molecule has 3 aromatic rings. The summed E-state index contributed by atoms with van der Waals surface area (Å²) in [5.41, 5.74) is 2.98. The van der Waals surface area contributed by atoms with Gasteiger partial charge in [0.2, 0.25) is 5.88 Å². The van der Waals surface area contributed by atoms with E-state index in [-0.39, 0.29) is 22.4 Å². The number of rotatable bonds is 4. The summed E-state index contributed by atoms with van der Waals surface area (Å²) in [5, 5.41) is 22.1. The Hall–Kier alpha value is -3.75. The van der Waals surface area contributed by atoms with Gasteiger partial charge in [-0.25, -0.2) is 23.8 Å². The summed E-state index contributed by atoms with van der Waals surface area (Å²) in [6, 6.07) is 10.1. The van der Waals surface area contributed by atoms with Crippen molar-refractivity contribution in [1.82, 2.24) is 14.8 Å². The molecule has 3 N–H and O–H groups in total. The van der Waals surface area contributed by atoms with E-state index in [4.69, 9.17) is 9.88 Å². The number of anilines is 1. The van der Waals surface area contributed by atoms with Gasteiger partial charge in [-0.2, -0.15) is 10.4 Å². The summed E-state index contributed by atoms with van der Waals surface area (Å²) in [6.45, 7) is 5.03. The molecular formula is C22H23N7O3S. The van der Waals surface area contributed by atoms with Gasteiger partial charge in [0.15, 0.2) is 9.92 Å². The van der Waals surface area contributed by atoms with Crippen LogP contribution in [-0.2, 0) is 16.5 Å². The van der Waals surface area contributed by atoms with Gasteiger partial charge in [-0.15, -0.1) is 4.36 Å². The molecule has 0 saturated carbocycles. The number of nitrogens with one attached hydrogen (secondary N) is 1. The first-order valence-electron chi connectivity index (χ1n) is 10.3. The van der Waals surface area contributed by atoms with Crippen LogP contribution in [0, 0.1) is 11.3 Å². The molecule has 0 bridgehead atoms. The highest BCUT2D eigenvalue weighted by molar-refractivity contribution is 7.91. The lowest BCUT2D eigenvalue weighted by molar-refractivity contribution is 0.224. The monoisotopic (exact) mass is 465 g/mol. The van der Waals surface area contributed by atoms with Crippen LogP contribution in [0.2, 0.25) is 0 Å². The number of nitrogens with zero attached hydrogens (tertiary/aromatic N) is 5. The number of aromatic nitrogens is 3. The third-order valence-corrected chi connectivity index (χ3v) is 6.53. The Bertz CT molecular complexity index is 1380. The normalized spacial score (nSPS) is 14.5. The summed E-state index contributed by atoms with van der Waals surface area (Å²) in [5.74, 6) is 0.338. The minimum atomic E-state index is -3.60. The first-order chi connectivity index (χ1) is 15.8. The molecule has 0 radical (unpaired) electrons. The van der Waals surface area contributed by atoms with Crippen LogP contribution in [0.25, 0.3) is 11.1 Å². The molecule has 1 aliphatic heterocycles. The molecule has 170 valence electrons. The highest BCUT2D eigenvalue weighted by atomic mass is 32.2. The maximum atomic E-state index is 13.2. The molecule has 0 spiro atoms. The molecule has 2 aromatic heterocycles. The number of amides is 2. The van der Waals surface area contributed by atoms with Crippen LogP contribution in [-0.4, -0.2) is 31.6 Å². The highest BCUT2D eigenvalue weighted by Crippen LogP contribution is 2.35. The zero-order valence-corrected chi connectivity index (χ0v) is 19.0. The molecular weight excluding hydrogens is 442 g/mol. The first-order valence-corrected chi connectivity index (χ1v) is 11.9. The number of para-hydroxylation sites is 1. The zero-order chi connectivity index (χ0) is 23.6. The number of hydrogen-bond acceptors (Lipinski definition) is 6. The number of nitrogens with two attached hydrogens (primary N) is 1. The van der Waals surface area contributed by atoms with E-state index in [9.17, 15) is 14.3 Å². The summed E-state index contributed by atoms with van der Waals surface area (Å²) < 4.78 is 24.0. The summed E-state index contributed by atoms with van der Waals surface area (Å²) in [7, 11) is -3.60. The predicted molar refractivity (Wildman–Crippen MR) is 123 cm³/mol. The van der Waals surface area contributed by atoms with E-state index in [0.29, 0.717) is 30.0 Å². The number of nitriles is 1. The van der Waals surface area contributed by atoms with E-state index < -0.39 is 15.9 Å². The number of aryl methyl sites for hydroxylation is 1. The van der Waals surface area contributed by atoms with E-state index in [1.807, 2.05) is 38.1 Å². The quantitative estimate of drug-likeness (QED) is 0.601. The van der Waals surface area contributed by atoms with Crippen LogP contribution in [0.15, 0.2) is 52.0 Å². The Labute approximate surface area is 191 Å². The van der Waals surface area contributed by atoms with Crippen LogP contribution in [0.5, 0.6) is 5.88 Å². The van der Waals surface area contributed by atoms with E-state index in [0.717, 1.165) is 12.0 Å². The van der Waals surface area contributed by atoms with E-state index in [1.165, 1.54) is 12.4 Å². The molecule has 4 rings (SSSR count). The van der Waals surface area contributed by atoms with Gasteiger partial charge < -0.3 is 10.1 Å². The van der Waals surface area contributed by atoms with Gasteiger partial charge in [0.05, 0.1) is 18.5 Å². The Balaban J connectivity index is 1.74. The number of pyridine rings is 1. The molecule has 0 unspecified atom stereocenters. The number of ether oxygens (including phenoxy) is 1. The van der Waals surface area contributed by atoms with Gasteiger partial charge in [-0.3, -0.25) is 0 Å². The number of urea groups is 1. The molecule has 3 heterocycles. The van der Waals surface area contributed by atoms with Gasteiger partial charge in [-0.05, 0) is 29.2 Å². The Kier molecular flexibility index (Phi) is 6.13. The molecule has 2 amide bonds. The Morgan fingerprint density at radius 2 is 2.21 bits per heavy atom. The van der Waals surface area contributed by atoms with Crippen molar-refractivity contribution < 1.29 is 13.7 Å². The molecule has 10 nitrogen and oxygen atoms in total. The summed E-state index contributed by atoms with van der Waals surface area (Å²) in [6.07, 6.45) is 3.63. The average Bonchev–Trinajstić information content (AvgIpc) is 3.24. The molecule has 0 saturated heterocycles. The number of benzene rings is 1. The molecule has 11 heteroatoms. The number of carbonyl (C=O) groups is 1. The molecule has 1 aliphatic rings. The lowest BCUT2D eigenvalue weighted by atomic mass is 9.94. The van der Waals surface area contributed by atoms with Crippen LogP contribution in [0.1, 0.15) is 37.4 Å². The second kappa shape index (κ2) is 9.01. The van der Waals surface area contributed by atoms with Crippen molar-refractivity contribution in [3.05, 3.63) is 54.0 Å². The molecule has 1 atom stereocenters. The van der Waals surface area contributed by atoms with E-state index in [1.54, 1.807) is 16.8 Å². The number of hydrogen-bond donors (Lipinski definition) is 2. The topological polar surface area (TPSA) is 148 Å². The second-order valence-electron chi connectivity index (χ2n) is 7.80. The minimum Gasteiger partial charge on any atom is -0.477 e. The fraction of sp³-hybridized carbons (Fsp3) is 0.273. The van der Waals surface area contributed by atoms with Crippen LogP contribution < -0.4 is 15.2 Å². The van der Waals surface area contributed by atoms with Crippen molar-refractivity contribution in [3.8, 4) is 23.1 Å². The van der Waals surface area contributed by atoms with Crippen LogP contribution >= 0.6 is 0 Å². The van der Waals surface area contributed by atoms with Gasteiger partial charge in [0, 0.05) is 24.7 Å². The van der Waals surface area contributed by atoms with Crippen molar-refractivity contribution in [2.24, 2.45) is 9.50 Å². The number of carbonyl (C=O) groups excluding carboxylic acids is 1. The minimum absolute atomic E-state index is 0.0656. The van der Waals surface area contributed by atoms with Gasteiger partial charge >= 0.3 is 6.03 Å². The molecule has 33 heavy (non-hydrogen) atoms. The van der Waals surface area contributed by atoms with Crippen LogP contribution in [0.4, 0.5) is 10.5 Å². The lowest BCUT2D eigenvalue weighted by Crippen LogP contribution is -2.21. The van der Waals surface area contributed by atoms with Gasteiger partial charge in [0.1, 0.15) is 16.7 Å². The average molecular weight is 466 g/mol. The zero-order valence-electron chi connectivity index (χ0n) is 18.2. The molecule has 0 aliphatic carbocycles. The SMILES string of the molecule is CC(C)c1cccc(-c2ccnc(C#N)c2)c1NC(=O)N=[S@@](N)(=O)c1cnn2c1OCCC2. The van der Waals surface area contributed by atoms with Gasteiger partial charge in [-0.1, -0.05) is 32.0 Å². The highest BCUT2D eigenvalue weighted by Gasteiger charge is 2.24. The Morgan fingerprint density at radius 3 is 2.97 bits per heavy atom. The molecule has 0 fully saturated rings. The molecule has 1 aromatic carbocycles. The first kappa shape index (κ1) is 22.4. The van der Waals surface area contributed by atoms with Crippen molar-refractivity contribution in [1.29, 1.82) is 5.26 Å². The van der Waals surface area contributed by atoms with Crippen LogP contribution in [0.3, 0.4) is 0 Å². The fourth-order valence-corrected chi connectivity index (χ4v) is 4.64. The van der Waals surface area contributed by atoms with Crippen molar-refractivity contribution >= 4 is 21.6 Å². The van der Waals surface area contributed by atoms with E-state index >= 15 is 0 Å². The predicted octanol–water partition coefficient (Wildman–Crippen LogP) is 3.66. The standard InChI is InChI=1S/C22H23N7O3S/c1-14(2)17-5-3-6-18(15-7-8-25-16(11-15)12-23)20(17)27-22(30)28-33(24,31)19-13-26-29-9-4-10-32-21(19)29/h3,5-8,11,13-14H,4,9-10H2,1-2H3,(H3,24,27,28,30,31)/t33-/m1/s1. The second-order valence-corrected chi connectivity index (χ2v) is 9.55. The maximum Gasteiger partial charge on any atom is 0.354 e. The number of fused-ring (bicyclic) bond motifs is 1. The third-order valence-electron chi connectivity index (χ3n) is 5.18. The van der Waals surface area contributed by atoms with E-state index in [2.05, 4.69) is 19.8 Å². The van der Waals surface area contributed by atoms with Crippen molar-refractivity contribution in [2.75, 3.05) is 11.9 Å². The fourth-order valence-electron chi connectivity index (χ4n) is 3.64. The Morgan fingerprint density at radius 1 is 1.39 bits per heavy atom. The largest absolute Gasteiger partial charge is 0.477 e. The smallest absolute Gasteiger partial charge is 0.354 e. The third kappa shape index (κ3) is 4.57. The van der Waals surface area contributed by atoms with Gasteiger partial charge in [0.25, 0.3) is 0 Å². The summed E-state index contributed by atoms with van der Waals surface area (Å²) in [4.78, 5) is 17.0. The maximum absolute atomic E-state index is 13.2. The lowest BCUT2D eigenvalue weighted by Gasteiger charge is -2.18. The summed E-state index contributed by atoms with van der Waals surface area (Å²) >= 11 is 0. The van der Waals surface area contributed by atoms with Crippen molar-refractivity contribution in [3.63, 3.8) is 0 Å².